The van der Waals surface area contributed by atoms with Gasteiger partial charge in [-0.25, -0.2) is 8.42 Å². The van der Waals surface area contributed by atoms with E-state index in [2.05, 4.69) is 4.72 Å². The third kappa shape index (κ3) is 3.03. The van der Waals surface area contributed by atoms with Gasteiger partial charge < -0.3 is 5.11 Å². The van der Waals surface area contributed by atoms with Crippen molar-refractivity contribution in [2.45, 2.75) is 24.8 Å². The topological polar surface area (TPSA) is 83.5 Å². The molecule has 0 bridgehead atoms. The number of rotatable bonds is 5. The molecule has 0 spiro atoms. The van der Waals surface area contributed by atoms with E-state index in [0.29, 0.717) is 0 Å². The maximum absolute atomic E-state index is 11.7. The fourth-order valence-electron chi connectivity index (χ4n) is 1.11. The van der Waals surface area contributed by atoms with Crippen LogP contribution in [-0.2, 0) is 14.8 Å². The third-order valence-electron chi connectivity index (χ3n) is 2.02. The fourth-order valence-corrected chi connectivity index (χ4v) is 3.48. The van der Waals surface area contributed by atoms with E-state index >= 15 is 0 Å². The van der Waals surface area contributed by atoms with Gasteiger partial charge in [0.25, 0.3) is 0 Å². The van der Waals surface area contributed by atoms with E-state index < -0.39 is 22.0 Å². The summed E-state index contributed by atoms with van der Waals surface area (Å²) in [5.41, 5.74) is 0. The molecule has 1 heterocycles. The fraction of sp³-hybridized carbons (Fsp3) is 0.444. The van der Waals surface area contributed by atoms with E-state index in [1.54, 1.807) is 19.2 Å². The Hall–Kier alpha value is -0.920. The summed E-state index contributed by atoms with van der Waals surface area (Å²) in [4.78, 5) is 11.0. The molecule has 5 nitrogen and oxygen atoms in total. The van der Waals surface area contributed by atoms with E-state index in [1.807, 2.05) is 0 Å². The maximum atomic E-state index is 11.7. The van der Waals surface area contributed by atoms with Gasteiger partial charge in [-0.2, -0.15) is 16.1 Å². The van der Waals surface area contributed by atoms with Gasteiger partial charge >= 0.3 is 5.97 Å². The Bertz CT molecular complexity index is 450. The van der Waals surface area contributed by atoms with Crippen LogP contribution in [0.4, 0.5) is 0 Å². The predicted molar refractivity (Wildman–Crippen MR) is 60.9 cm³/mol. The summed E-state index contributed by atoms with van der Waals surface area (Å²) < 4.78 is 25.7. The van der Waals surface area contributed by atoms with Crippen LogP contribution in [0, 0.1) is 5.92 Å². The zero-order valence-electron chi connectivity index (χ0n) is 8.88. The van der Waals surface area contributed by atoms with Gasteiger partial charge in [0, 0.05) is 5.38 Å². The number of hydrogen-bond acceptors (Lipinski definition) is 4. The first kappa shape index (κ1) is 13.1. The first-order valence-corrected chi connectivity index (χ1v) is 7.04. The third-order valence-corrected chi connectivity index (χ3v) is 4.29. The van der Waals surface area contributed by atoms with E-state index in [0.717, 1.165) is 0 Å². The average Bonchev–Trinajstić information content (AvgIpc) is 2.66. The Labute approximate surface area is 98.2 Å². The van der Waals surface area contributed by atoms with Crippen molar-refractivity contribution in [1.82, 2.24) is 4.72 Å². The molecular formula is C9H13NO4S2. The van der Waals surface area contributed by atoms with Crippen molar-refractivity contribution in [1.29, 1.82) is 0 Å². The molecule has 0 unspecified atom stereocenters. The van der Waals surface area contributed by atoms with Crippen LogP contribution >= 0.6 is 11.3 Å². The Morgan fingerprint density at radius 3 is 2.50 bits per heavy atom. The first-order valence-electron chi connectivity index (χ1n) is 4.62. The van der Waals surface area contributed by atoms with Crippen LogP contribution in [0.2, 0.25) is 0 Å². The highest BCUT2D eigenvalue weighted by Crippen LogP contribution is 2.14. The molecular weight excluding hydrogens is 250 g/mol. The Morgan fingerprint density at radius 2 is 2.12 bits per heavy atom. The summed E-state index contributed by atoms with van der Waals surface area (Å²) in [5, 5.41) is 12.0. The van der Waals surface area contributed by atoms with E-state index in [4.69, 9.17) is 5.11 Å². The van der Waals surface area contributed by atoms with Gasteiger partial charge in [0.1, 0.15) is 6.04 Å². The molecule has 90 valence electrons. The number of carbonyl (C=O) groups is 1. The second-order valence-corrected chi connectivity index (χ2v) is 6.13. The first-order chi connectivity index (χ1) is 7.34. The molecule has 2 N–H and O–H groups in total. The molecule has 16 heavy (non-hydrogen) atoms. The van der Waals surface area contributed by atoms with Gasteiger partial charge in [-0.3, -0.25) is 4.79 Å². The van der Waals surface area contributed by atoms with Crippen LogP contribution in [0.15, 0.2) is 21.7 Å². The van der Waals surface area contributed by atoms with Crippen LogP contribution in [-0.4, -0.2) is 25.5 Å². The summed E-state index contributed by atoms with van der Waals surface area (Å²) in [6.07, 6.45) is 0. The minimum atomic E-state index is -3.73. The van der Waals surface area contributed by atoms with Crippen molar-refractivity contribution in [2.75, 3.05) is 0 Å². The minimum Gasteiger partial charge on any atom is -0.480 e. The SMILES string of the molecule is CC(C)[C@@H](NS(=O)(=O)c1ccsc1)C(=O)O. The smallest absolute Gasteiger partial charge is 0.322 e. The van der Waals surface area contributed by atoms with Crippen LogP contribution in [0.1, 0.15) is 13.8 Å². The van der Waals surface area contributed by atoms with Crippen LogP contribution < -0.4 is 4.72 Å². The van der Waals surface area contributed by atoms with Gasteiger partial charge in [0.05, 0.1) is 4.90 Å². The van der Waals surface area contributed by atoms with Crippen molar-refractivity contribution < 1.29 is 18.3 Å². The lowest BCUT2D eigenvalue weighted by atomic mass is 10.1. The van der Waals surface area contributed by atoms with Crippen molar-refractivity contribution in [3.8, 4) is 0 Å². The second kappa shape index (κ2) is 4.94. The second-order valence-electron chi connectivity index (χ2n) is 3.64. The number of carboxylic acids is 1. The molecule has 0 amide bonds. The molecule has 1 rings (SSSR count). The number of carboxylic acid groups (broad SMARTS) is 1. The monoisotopic (exact) mass is 263 g/mol. The van der Waals surface area contributed by atoms with Crippen LogP contribution in [0.3, 0.4) is 0 Å². The number of aliphatic carboxylic acids is 1. The Kier molecular flexibility index (Phi) is 4.06. The molecule has 1 aromatic heterocycles. The minimum absolute atomic E-state index is 0.101. The molecule has 7 heteroatoms. The van der Waals surface area contributed by atoms with Crippen molar-refractivity contribution in [3.05, 3.63) is 16.8 Å². The van der Waals surface area contributed by atoms with Crippen molar-refractivity contribution >= 4 is 27.3 Å². The number of sulfonamides is 1. The number of hydrogen-bond donors (Lipinski definition) is 2. The molecule has 0 radical (unpaired) electrons. The Morgan fingerprint density at radius 1 is 1.50 bits per heavy atom. The lowest BCUT2D eigenvalue weighted by molar-refractivity contribution is -0.140. The van der Waals surface area contributed by atoms with Crippen LogP contribution in [0.25, 0.3) is 0 Å². The quantitative estimate of drug-likeness (QED) is 0.834. The Balaban J connectivity index is 2.92. The summed E-state index contributed by atoms with van der Waals surface area (Å²) in [7, 11) is -3.73. The van der Waals surface area contributed by atoms with Gasteiger partial charge in [-0.05, 0) is 17.4 Å². The number of thiophene rings is 1. The molecule has 0 aliphatic heterocycles. The van der Waals surface area contributed by atoms with E-state index in [1.165, 1.54) is 22.8 Å². The molecule has 1 aromatic rings. The van der Waals surface area contributed by atoms with E-state index in [9.17, 15) is 13.2 Å². The van der Waals surface area contributed by atoms with E-state index in [-0.39, 0.29) is 10.8 Å². The van der Waals surface area contributed by atoms with Gasteiger partial charge in [-0.15, -0.1) is 0 Å². The lowest BCUT2D eigenvalue weighted by Gasteiger charge is -2.17. The summed E-state index contributed by atoms with van der Waals surface area (Å²) in [5.74, 6) is -1.49. The largest absolute Gasteiger partial charge is 0.480 e. The van der Waals surface area contributed by atoms with Crippen LogP contribution in [0.5, 0.6) is 0 Å². The highest BCUT2D eigenvalue weighted by Gasteiger charge is 2.27. The van der Waals surface area contributed by atoms with Gasteiger partial charge in [-0.1, -0.05) is 13.8 Å². The normalized spacial score (nSPS) is 13.9. The summed E-state index contributed by atoms with van der Waals surface area (Å²) in [6, 6.07) is 0.330. The molecule has 0 aliphatic rings. The summed E-state index contributed by atoms with van der Waals surface area (Å²) in [6.45, 7) is 3.30. The van der Waals surface area contributed by atoms with Gasteiger partial charge in [0.15, 0.2) is 0 Å². The molecule has 0 saturated heterocycles. The predicted octanol–water partition coefficient (Wildman–Crippen LogP) is 1.14. The average molecular weight is 263 g/mol. The zero-order valence-corrected chi connectivity index (χ0v) is 10.5. The molecule has 0 aromatic carbocycles. The zero-order chi connectivity index (χ0) is 12.3. The maximum Gasteiger partial charge on any atom is 0.322 e. The highest BCUT2D eigenvalue weighted by atomic mass is 32.2. The molecule has 0 fully saturated rings. The van der Waals surface area contributed by atoms with Crippen molar-refractivity contribution in [3.63, 3.8) is 0 Å². The lowest BCUT2D eigenvalue weighted by Crippen LogP contribution is -2.44. The highest BCUT2D eigenvalue weighted by molar-refractivity contribution is 7.89. The standard InChI is InChI=1S/C9H13NO4S2/c1-6(2)8(9(11)12)10-16(13,14)7-3-4-15-5-7/h3-6,8,10H,1-2H3,(H,11,12)/t8-/m1/s1. The molecule has 1 atom stereocenters. The van der Waals surface area contributed by atoms with Gasteiger partial charge in [0.2, 0.25) is 10.0 Å². The van der Waals surface area contributed by atoms with Crippen molar-refractivity contribution in [2.24, 2.45) is 5.92 Å². The molecule has 0 saturated carbocycles. The molecule has 0 aliphatic carbocycles. The number of nitrogens with one attached hydrogen (secondary N) is 1. The summed E-state index contributed by atoms with van der Waals surface area (Å²) >= 11 is 1.24.